The zero-order chi connectivity index (χ0) is 15.6. The van der Waals surface area contributed by atoms with Crippen LogP contribution < -0.4 is 5.32 Å². The lowest BCUT2D eigenvalue weighted by molar-refractivity contribution is -0.144. The summed E-state index contributed by atoms with van der Waals surface area (Å²) in [6, 6.07) is 0. The summed E-state index contributed by atoms with van der Waals surface area (Å²) in [5.74, 6) is -1.09. The zero-order valence-corrected chi connectivity index (χ0v) is 12.6. The average Bonchev–Trinajstić information content (AvgIpc) is 2.84. The lowest BCUT2D eigenvalue weighted by Crippen LogP contribution is -2.54. The summed E-state index contributed by atoms with van der Waals surface area (Å²) in [5, 5.41) is 18.4. The molecule has 1 aromatic rings. The number of carboxylic acid groups (broad SMARTS) is 1. The number of aliphatic carboxylic acids is 1. The van der Waals surface area contributed by atoms with Gasteiger partial charge in [-0.2, -0.15) is 0 Å². The van der Waals surface area contributed by atoms with Crippen LogP contribution in [0, 0.1) is 0 Å². The van der Waals surface area contributed by atoms with Gasteiger partial charge in [0.05, 0.1) is 0 Å². The second-order valence-corrected chi connectivity index (χ2v) is 5.81. The molecule has 0 aliphatic heterocycles. The van der Waals surface area contributed by atoms with Crippen molar-refractivity contribution in [1.82, 2.24) is 20.5 Å². The molecule has 0 atom stereocenters. The second-order valence-electron chi connectivity index (χ2n) is 5.81. The highest BCUT2D eigenvalue weighted by molar-refractivity contribution is 5.95. The first kappa shape index (κ1) is 16.1. The predicted octanol–water partition coefficient (Wildman–Crippen LogP) is 1.48. The van der Waals surface area contributed by atoms with E-state index in [4.69, 9.17) is 0 Å². The maximum Gasteiger partial charge on any atom is 0.329 e. The van der Waals surface area contributed by atoms with Crippen molar-refractivity contribution in [2.24, 2.45) is 0 Å². The van der Waals surface area contributed by atoms with Gasteiger partial charge in [-0.15, -0.1) is 5.10 Å². The van der Waals surface area contributed by atoms with Gasteiger partial charge >= 0.3 is 5.97 Å². The van der Waals surface area contributed by atoms with E-state index >= 15 is 0 Å². The van der Waals surface area contributed by atoms with Gasteiger partial charge in [0.2, 0.25) is 5.82 Å². The molecule has 0 aliphatic carbocycles. The molecule has 0 aromatic carbocycles. The molecule has 7 heteroatoms. The van der Waals surface area contributed by atoms with Gasteiger partial charge < -0.3 is 10.4 Å². The predicted molar refractivity (Wildman–Crippen MR) is 73.5 cm³/mol. The van der Waals surface area contributed by atoms with Crippen LogP contribution in [0.2, 0.25) is 0 Å². The van der Waals surface area contributed by atoms with E-state index in [2.05, 4.69) is 20.5 Å². The Hall–Kier alpha value is -1.92. The molecule has 0 aliphatic rings. The molecule has 0 saturated heterocycles. The summed E-state index contributed by atoms with van der Waals surface area (Å²) in [6.45, 7) is 9.26. The highest BCUT2D eigenvalue weighted by atomic mass is 16.4. The highest BCUT2D eigenvalue weighted by Gasteiger charge is 2.37. The molecular formula is C13H22N4O3. The monoisotopic (exact) mass is 282 g/mol. The van der Waals surface area contributed by atoms with Gasteiger partial charge in [-0.25, -0.2) is 9.78 Å². The SMILES string of the molecule is CCC(CC)(NC(=O)c1n[nH]c(C(C)(C)C)n1)C(=O)O. The van der Waals surface area contributed by atoms with Crippen LogP contribution in [0.5, 0.6) is 0 Å². The third-order valence-corrected chi connectivity index (χ3v) is 3.37. The summed E-state index contributed by atoms with van der Waals surface area (Å²) in [6.07, 6.45) is 0.586. The van der Waals surface area contributed by atoms with Crippen LogP contribution in [0.3, 0.4) is 0 Å². The Morgan fingerprint density at radius 2 is 1.80 bits per heavy atom. The zero-order valence-electron chi connectivity index (χ0n) is 12.6. The van der Waals surface area contributed by atoms with Crippen LogP contribution in [0.15, 0.2) is 0 Å². The van der Waals surface area contributed by atoms with E-state index in [1.165, 1.54) is 0 Å². The van der Waals surface area contributed by atoms with Crippen LogP contribution in [-0.4, -0.2) is 37.7 Å². The van der Waals surface area contributed by atoms with Gasteiger partial charge in [-0.3, -0.25) is 9.89 Å². The minimum absolute atomic E-state index is 0.0394. The van der Waals surface area contributed by atoms with Crippen LogP contribution in [0.4, 0.5) is 0 Å². The Morgan fingerprint density at radius 3 is 2.15 bits per heavy atom. The maximum absolute atomic E-state index is 12.1. The number of nitrogens with zero attached hydrogens (tertiary/aromatic N) is 2. The van der Waals surface area contributed by atoms with Gasteiger partial charge in [0.1, 0.15) is 11.4 Å². The molecule has 112 valence electrons. The fourth-order valence-electron chi connectivity index (χ4n) is 1.75. The molecule has 20 heavy (non-hydrogen) atoms. The molecule has 1 heterocycles. The molecule has 0 fully saturated rings. The number of hydrogen-bond donors (Lipinski definition) is 3. The molecule has 1 amide bonds. The Balaban J connectivity index is 2.96. The van der Waals surface area contributed by atoms with Gasteiger partial charge in [0.25, 0.3) is 5.91 Å². The number of carbonyl (C=O) groups excluding carboxylic acids is 1. The number of H-pyrrole nitrogens is 1. The van der Waals surface area contributed by atoms with Gasteiger partial charge in [0.15, 0.2) is 0 Å². The lowest BCUT2D eigenvalue weighted by atomic mass is 9.93. The fourth-order valence-corrected chi connectivity index (χ4v) is 1.75. The van der Waals surface area contributed by atoms with E-state index in [1.54, 1.807) is 13.8 Å². The van der Waals surface area contributed by atoms with E-state index < -0.39 is 17.4 Å². The van der Waals surface area contributed by atoms with Crippen molar-refractivity contribution < 1.29 is 14.7 Å². The number of carboxylic acids is 1. The van der Waals surface area contributed by atoms with Crippen LogP contribution >= 0.6 is 0 Å². The number of aromatic amines is 1. The summed E-state index contributed by atoms with van der Waals surface area (Å²) < 4.78 is 0. The normalized spacial score (nSPS) is 12.2. The molecule has 0 spiro atoms. The standard InChI is InChI=1S/C13H22N4O3/c1-6-13(7-2,11(19)20)15-9(18)8-14-10(17-16-8)12(3,4)5/h6-7H2,1-5H3,(H,15,18)(H,19,20)(H,14,16,17). The summed E-state index contributed by atoms with van der Waals surface area (Å²) >= 11 is 0. The van der Waals surface area contributed by atoms with Crippen molar-refractivity contribution in [2.75, 3.05) is 0 Å². The maximum atomic E-state index is 12.1. The van der Waals surface area contributed by atoms with Crippen molar-refractivity contribution in [3.8, 4) is 0 Å². The van der Waals surface area contributed by atoms with E-state index in [0.717, 1.165) is 0 Å². The number of carbonyl (C=O) groups is 2. The van der Waals surface area contributed by atoms with Gasteiger partial charge in [-0.05, 0) is 12.8 Å². The quantitative estimate of drug-likeness (QED) is 0.758. The first-order valence-electron chi connectivity index (χ1n) is 6.65. The summed E-state index contributed by atoms with van der Waals surface area (Å²) in [4.78, 5) is 27.6. The van der Waals surface area contributed by atoms with E-state index in [1.807, 2.05) is 20.8 Å². The molecule has 1 rings (SSSR count). The Labute approximate surface area is 118 Å². The van der Waals surface area contributed by atoms with Crippen LogP contribution in [0.25, 0.3) is 0 Å². The number of nitrogens with one attached hydrogen (secondary N) is 2. The van der Waals surface area contributed by atoms with E-state index in [-0.39, 0.29) is 11.2 Å². The molecule has 0 radical (unpaired) electrons. The molecule has 7 nitrogen and oxygen atoms in total. The Morgan fingerprint density at radius 1 is 1.25 bits per heavy atom. The number of amides is 1. The summed E-state index contributed by atoms with van der Waals surface area (Å²) in [5.41, 5.74) is -1.54. The largest absolute Gasteiger partial charge is 0.480 e. The fraction of sp³-hybridized carbons (Fsp3) is 0.692. The second kappa shape index (κ2) is 5.60. The molecule has 0 unspecified atom stereocenters. The van der Waals surface area contributed by atoms with Gasteiger partial charge in [0, 0.05) is 5.41 Å². The third-order valence-electron chi connectivity index (χ3n) is 3.37. The Bertz CT molecular complexity index is 498. The van der Waals surface area contributed by atoms with Crippen molar-refractivity contribution in [3.05, 3.63) is 11.6 Å². The summed E-state index contributed by atoms with van der Waals surface area (Å²) in [7, 11) is 0. The molecule has 0 bridgehead atoms. The number of hydrogen-bond acceptors (Lipinski definition) is 4. The molecule has 1 aromatic heterocycles. The minimum Gasteiger partial charge on any atom is -0.480 e. The van der Waals surface area contributed by atoms with Crippen molar-refractivity contribution in [1.29, 1.82) is 0 Å². The number of aromatic nitrogens is 3. The van der Waals surface area contributed by atoms with Crippen molar-refractivity contribution >= 4 is 11.9 Å². The molecule has 3 N–H and O–H groups in total. The first-order chi connectivity index (χ1) is 9.16. The van der Waals surface area contributed by atoms with E-state index in [9.17, 15) is 14.7 Å². The lowest BCUT2D eigenvalue weighted by Gasteiger charge is -2.27. The molecule has 0 saturated carbocycles. The third kappa shape index (κ3) is 3.15. The molecular weight excluding hydrogens is 260 g/mol. The Kier molecular flexibility index (Phi) is 4.52. The minimum atomic E-state index is -1.28. The number of rotatable bonds is 5. The topological polar surface area (TPSA) is 108 Å². The van der Waals surface area contributed by atoms with Crippen LogP contribution in [-0.2, 0) is 10.2 Å². The first-order valence-corrected chi connectivity index (χ1v) is 6.65. The smallest absolute Gasteiger partial charge is 0.329 e. The average molecular weight is 282 g/mol. The van der Waals surface area contributed by atoms with Gasteiger partial charge in [-0.1, -0.05) is 34.6 Å². The van der Waals surface area contributed by atoms with E-state index in [0.29, 0.717) is 18.7 Å². The highest BCUT2D eigenvalue weighted by Crippen LogP contribution is 2.19. The van der Waals surface area contributed by atoms with Crippen LogP contribution in [0.1, 0.15) is 63.9 Å². The van der Waals surface area contributed by atoms with Crippen molar-refractivity contribution in [3.63, 3.8) is 0 Å². The van der Waals surface area contributed by atoms with Crippen molar-refractivity contribution in [2.45, 2.75) is 58.4 Å².